The van der Waals surface area contributed by atoms with Crippen LogP contribution in [0.25, 0.3) is 0 Å². The fraction of sp³-hybridized carbons (Fsp3) is 0.600. The Morgan fingerprint density at radius 2 is 1.10 bits per heavy atom. The molecule has 1 atom stereocenters. The molecule has 270 valence electrons. The fourth-order valence-electron chi connectivity index (χ4n) is 5.79. The number of rotatable bonds is 14. The van der Waals surface area contributed by atoms with E-state index in [1.165, 1.54) is 4.90 Å². The molecule has 7 N–H and O–H groups in total. The predicted octanol–water partition coefficient (Wildman–Crippen LogP) is -3.49. The number of hydrogen-bond acceptors (Lipinski definition) is 12. The summed E-state index contributed by atoms with van der Waals surface area (Å²) in [6.07, 6.45) is 1.12. The molecule has 18 nitrogen and oxygen atoms in total. The summed E-state index contributed by atoms with van der Waals surface area (Å²) in [5, 5.41) is 52.4. The average molecular weight is 692 g/mol. The number of nitrogens with one attached hydrogen (secondary N) is 2. The molecule has 3 rings (SSSR count). The van der Waals surface area contributed by atoms with Crippen LogP contribution in [0.1, 0.15) is 28.8 Å². The molecular weight excluding hydrogens is 645 g/mol. The Balaban J connectivity index is 1.54. The first-order chi connectivity index (χ1) is 23.3. The second-order valence-corrected chi connectivity index (χ2v) is 12.2. The van der Waals surface area contributed by atoms with Gasteiger partial charge >= 0.3 is 25.0 Å². The number of amides is 3. The SMILES string of the molecule is O=C(O)CN1CCN(CC(=O)O)CCN(CC(=O)NCc2ccc(C(=O)NCC(=O)N3CCC[C@H]3B(O)O)cc2)CCN(CC(=O)O)CC1. The van der Waals surface area contributed by atoms with Crippen molar-refractivity contribution in [3.05, 3.63) is 35.4 Å². The number of aliphatic carboxylic acids is 3. The number of benzene rings is 1. The zero-order valence-corrected chi connectivity index (χ0v) is 27.4. The molecule has 2 aliphatic heterocycles. The van der Waals surface area contributed by atoms with Crippen molar-refractivity contribution in [2.75, 3.05) is 91.6 Å². The molecule has 0 unspecified atom stereocenters. The number of nitrogens with zero attached hydrogens (tertiary/aromatic N) is 5. The molecule has 0 radical (unpaired) electrons. The summed E-state index contributed by atoms with van der Waals surface area (Å²) in [7, 11) is -1.64. The van der Waals surface area contributed by atoms with Crippen LogP contribution in [0.15, 0.2) is 24.3 Å². The maximum absolute atomic E-state index is 13.0. The van der Waals surface area contributed by atoms with Gasteiger partial charge in [0.1, 0.15) is 0 Å². The molecule has 1 aromatic carbocycles. The number of carbonyl (C=O) groups excluding carboxylic acids is 3. The van der Waals surface area contributed by atoms with Crippen molar-refractivity contribution in [3.63, 3.8) is 0 Å². The summed E-state index contributed by atoms with van der Waals surface area (Å²) in [5.41, 5.74) is 1.00. The minimum atomic E-state index is -1.64. The van der Waals surface area contributed by atoms with Crippen molar-refractivity contribution in [2.45, 2.75) is 25.3 Å². The van der Waals surface area contributed by atoms with Gasteiger partial charge in [0.2, 0.25) is 11.8 Å². The molecule has 2 saturated heterocycles. The highest BCUT2D eigenvalue weighted by atomic mass is 16.4. The van der Waals surface area contributed by atoms with E-state index in [0.717, 1.165) is 0 Å². The monoisotopic (exact) mass is 691 g/mol. The Bertz CT molecular complexity index is 1270. The Morgan fingerprint density at radius 3 is 1.53 bits per heavy atom. The summed E-state index contributed by atoms with van der Waals surface area (Å²) < 4.78 is 0. The van der Waals surface area contributed by atoms with Crippen LogP contribution in [0.5, 0.6) is 0 Å². The van der Waals surface area contributed by atoms with E-state index in [-0.39, 0.29) is 84.4 Å². The second-order valence-electron chi connectivity index (χ2n) is 12.2. The summed E-state index contributed by atoms with van der Waals surface area (Å²) in [4.78, 5) is 80.5. The Labute approximate surface area is 284 Å². The molecule has 2 fully saturated rings. The zero-order chi connectivity index (χ0) is 35.9. The van der Waals surface area contributed by atoms with E-state index in [1.54, 1.807) is 39.0 Å². The maximum Gasteiger partial charge on any atom is 0.475 e. The van der Waals surface area contributed by atoms with Gasteiger partial charge in [-0.2, -0.15) is 0 Å². The Morgan fingerprint density at radius 1 is 0.653 bits per heavy atom. The van der Waals surface area contributed by atoms with E-state index < -0.39 is 42.8 Å². The van der Waals surface area contributed by atoms with Crippen LogP contribution in [0, 0.1) is 0 Å². The third kappa shape index (κ3) is 14.1. The van der Waals surface area contributed by atoms with E-state index in [0.29, 0.717) is 43.6 Å². The van der Waals surface area contributed by atoms with Gasteiger partial charge in [-0.15, -0.1) is 0 Å². The lowest BCUT2D eigenvalue weighted by molar-refractivity contribution is -0.140. The van der Waals surface area contributed by atoms with Gasteiger partial charge in [0.25, 0.3) is 5.91 Å². The summed E-state index contributed by atoms with van der Waals surface area (Å²) >= 11 is 0. The van der Waals surface area contributed by atoms with Crippen LogP contribution in [0.4, 0.5) is 0 Å². The molecule has 19 heteroatoms. The van der Waals surface area contributed by atoms with Crippen LogP contribution >= 0.6 is 0 Å². The van der Waals surface area contributed by atoms with Crippen molar-refractivity contribution in [3.8, 4) is 0 Å². The average Bonchev–Trinajstić information content (AvgIpc) is 3.54. The lowest BCUT2D eigenvalue weighted by Crippen LogP contribution is -2.49. The van der Waals surface area contributed by atoms with Crippen molar-refractivity contribution in [1.29, 1.82) is 0 Å². The predicted molar refractivity (Wildman–Crippen MR) is 174 cm³/mol. The third-order valence-electron chi connectivity index (χ3n) is 8.44. The van der Waals surface area contributed by atoms with Crippen LogP contribution in [0.3, 0.4) is 0 Å². The van der Waals surface area contributed by atoms with Crippen LogP contribution < -0.4 is 10.6 Å². The quantitative estimate of drug-likeness (QED) is 0.0937. The molecule has 0 aromatic heterocycles. The molecule has 3 amide bonds. The molecule has 0 aliphatic carbocycles. The molecule has 49 heavy (non-hydrogen) atoms. The van der Waals surface area contributed by atoms with Crippen LogP contribution in [-0.2, 0) is 30.5 Å². The molecular formula is C30H46BN7O11. The Hall–Kier alpha value is -4.14. The van der Waals surface area contributed by atoms with E-state index in [1.807, 2.05) is 4.90 Å². The second kappa shape index (κ2) is 19.8. The van der Waals surface area contributed by atoms with Gasteiger partial charge in [-0.05, 0) is 30.5 Å². The van der Waals surface area contributed by atoms with Crippen molar-refractivity contribution in [2.24, 2.45) is 0 Å². The topological polar surface area (TPSA) is 244 Å². The zero-order valence-electron chi connectivity index (χ0n) is 27.4. The molecule has 0 spiro atoms. The van der Waals surface area contributed by atoms with E-state index in [4.69, 9.17) is 0 Å². The van der Waals surface area contributed by atoms with Gasteiger partial charge in [0.15, 0.2) is 0 Å². The normalized spacial score (nSPS) is 19.0. The lowest BCUT2D eigenvalue weighted by atomic mass is 9.78. The van der Waals surface area contributed by atoms with E-state index >= 15 is 0 Å². The highest BCUT2D eigenvalue weighted by molar-refractivity contribution is 6.43. The van der Waals surface area contributed by atoms with Gasteiger partial charge in [-0.1, -0.05) is 12.1 Å². The fourth-order valence-corrected chi connectivity index (χ4v) is 5.79. The van der Waals surface area contributed by atoms with Crippen molar-refractivity contribution in [1.82, 2.24) is 35.1 Å². The molecule has 1 aromatic rings. The first-order valence-electron chi connectivity index (χ1n) is 16.1. The van der Waals surface area contributed by atoms with Crippen molar-refractivity contribution >= 4 is 42.7 Å². The van der Waals surface area contributed by atoms with E-state index in [9.17, 15) is 54.1 Å². The highest BCUT2D eigenvalue weighted by Gasteiger charge is 2.36. The molecule has 0 bridgehead atoms. The van der Waals surface area contributed by atoms with Crippen molar-refractivity contribution < 1.29 is 54.1 Å². The van der Waals surface area contributed by atoms with Crippen LogP contribution in [-0.4, -0.2) is 190 Å². The molecule has 2 aliphatic rings. The minimum absolute atomic E-state index is 0.0351. The maximum atomic E-state index is 13.0. The summed E-state index contributed by atoms with van der Waals surface area (Å²) in [5.74, 6) is -5.02. The standard InChI is InChI=1S/C30H46BN7O11/c39-25(32-16-22-3-5-23(6-4-22)30(47)33-17-26(40)38-7-1-2-24(38)31(48)49)18-34-8-10-35(19-27(41)42)12-14-37(21-29(45)46)15-13-36(11-9-34)20-28(43)44/h3-6,24,48-49H,1-2,7-21H2,(H,32,39)(H,33,47)(H,41,42)(H,43,44)(H,45,46)/t24-/m0/s1. The van der Waals surface area contributed by atoms with E-state index in [2.05, 4.69) is 10.6 Å². The third-order valence-corrected chi connectivity index (χ3v) is 8.44. The lowest BCUT2D eigenvalue weighted by Gasteiger charge is -2.32. The highest BCUT2D eigenvalue weighted by Crippen LogP contribution is 2.18. The van der Waals surface area contributed by atoms with Gasteiger partial charge in [-0.25, -0.2) is 0 Å². The minimum Gasteiger partial charge on any atom is -0.480 e. The molecule has 2 heterocycles. The molecule has 0 saturated carbocycles. The number of hydrogen-bond donors (Lipinski definition) is 7. The first-order valence-corrected chi connectivity index (χ1v) is 16.1. The number of carbonyl (C=O) groups is 6. The number of carboxylic acids is 3. The Kier molecular flexibility index (Phi) is 15.9. The summed E-state index contributed by atoms with van der Waals surface area (Å²) in [6.45, 7) is 1.72. The van der Waals surface area contributed by atoms with Crippen LogP contribution in [0.2, 0.25) is 0 Å². The smallest absolute Gasteiger partial charge is 0.475 e. The van der Waals surface area contributed by atoms with Gasteiger partial charge in [0, 0.05) is 71.0 Å². The first kappa shape index (κ1) is 39.3. The largest absolute Gasteiger partial charge is 0.480 e. The number of carboxylic acid groups (broad SMARTS) is 3. The number of likely N-dealkylation sites (tertiary alicyclic amines) is 1. The van der Waals surface area contributed by atoms with Gasteiger partial charge in [-0.3, -0.25) is 48.4 Å². The summed E-state index contributed by atoms with van der Waals surface area (Å²) in [6, 6.07) is 6.43. The van der Waals surface area contributed by atoms with Gasteiger partial charge in [0.05, 0.1) is 38.7 Å². The van der Waals surface area contributed by atoms with Gasteiger partial charge < -0.3 is 40.9 Å².